The Morgan fingerprint density at radius 1 is 1.23 bits per heavy atom. The van der Waals surface area contributed by atoms with Gasteiger partial charge in [0.25, 0.3) is 0 Å². The van der Waals surface area contributed by atoms with Crippen LogP contribution in [0.2, 0.25) is 0 Å². The van der Waals surface area contributed by atoms with E-state index < -0.39 is 0 Å². The molecule has 2 rings (SSSR count). The molecular formula is C19H37IN6. The van der Waals surface area contributed by atoms with Crippen molar-refractivity contribution in [2.45, 2.75) is 66.0 Å². The second kappa shape index (κ2) is 12.5. The van der Waals surface area contributed by atoms with Crippen molar-refractivity contribution in [2.24, 2.45) is 4.99 Å². The lowest BCUT2D eigenvalue weighted by molar-refractivity contribution is 0.242. The molecule has 6 nitrogen and oxygen atoms in total. The first-order valence-electron chi connectivity index (χ1n) is 9.91. The summed E-state index contributed by atoms with van der Waals surface area (Å²) in [6.45, 7) is 14.6. The molecule has 1 aliphatic heterocycles. The van der Waals surface area contributed by atoms with Gasteiger partial charge in [0, 0.05) is 31.4 Å². The number of aromatic nitrogens is 2. The van der Waals surface area contributed by atoms with Crippen LogP contribution in [0.3, 0.4) is 0 Å². The Hall–Kier alpha value is -0.830. The highest BCUT2D eigenvalue weighted by Gasteiger charge is 2.20. The van der Waals surface area contributed by atoms with Crippen molar-refractivity contribution < 1.29 is 0 Å². The minimum atomic E-state index is 0. The monoisotopic (exact) mass is 476 g/mol. The summed E-state index contributed by atoms with van der Waals surface area (Å²) >= 11 is 0. The molecule has 1 fully saturated rings. The summed E-state index contributed by atoms with van der Waals surface area (Å²) in [6.07, 6.45) is 4.88. The first kappa shape index (κ1) is 23.2. The van der Waals surface area contributed by atoms with E-state index in [1.165, 1.54) is 38.0 Å². The molecule has 26 heavy (non-hydrogen) atoms. The zero-order valence-corrected chi connectivity index (χ0v) is 19.3. The number of nitrogens with zero attached hydrogens (tertiary/aromatic N) is 4. The van der Waals surface area contributed by atoms with Crippen molar-refractivity contribution in [1.29, 1.82) is 0 Å². The molecule has 1 aromatic heterocycles. The number of aliphatic imine (C=N–C) groups is 1. The van der Waals surface area contributed by atoms with Crippen molar-refractivity contribution in [2.75, 3.05) is 32.7 Å². The average Bonchev–Trinajstić information content (AvgIpc) is 3.22. The van der Waals surface area contributed by atoms with Gasteiger partial charge >= 0.3 is 0 Å². The normalized spacial score (nSPS) is 16.4. The number of nitrogens with one attached hydrogen (secondary N) is 2. The molecule has 1 unspecified atom stereocenters. The summed E-state index contributed by atoms with van der Waals surface area (Å²) in [5.74, 6) is 0.938. The predicted octanol–water partition coefficient (Wildman–Crippen LogP) is 2.94. The summed E-state index contributed by atoms with van der Waals surface area (Å²) in [4.78, 5) is 7.42. The number of guanidine groups is 1. The van der Waals surface area contributed by atoms with Gasteiger partial charge in [0.05, 0.1) is 12.2 Å². The standard InChI is InChI=1S/C19H36N6.HI/c1-5-18(24-11-7-8-12-24)15-22-19(20-6-2)21-10-9-13-25-17(4)14-16(3)23-25;/h14,18H,5-13,15H2,1-4H3,(H2,20,21,22);1H. The second-order valence-corrected chi connectivity index (χ2v) is 6.96. The molecule has 2 heterocycles. The molecule has 1 aliphatic rings. The van der Waals surface area contributed by atoms with E-state index in [0.717, 1.165) is 44.3 Å². The first-order chi connectivity index (χ1) is 12.1. The molecular weight excluding hydrogens is 439 g/mol. The predicted molar refractivity (Wildman–Crippen MR) is 121 cm³/mol. The molecule has 150 valence electrons. The molecule has 2 N–H and O–H groups in total. The Bertz CT molecular complexity index is 536. The molecule has 0 radical (unpaired) electrons. The summed E-state index contributed by atoms with van der Waals surface area (Å²) < 4.78 is 2.08. The number of aryl methyl sites for hydroxylation is 3. The van der Waals surface area contributed by atoms with Crippen LogP contribution in [0.4, 0.5) is 0 Å². The van der Waals surface area contributed by atoms with Crippen LogP contribution in [0.15, 0.2) is 11.1 Å². The minimum Gasteiger partial charge on any atom is -0.357 e. The van der Waals surface area contributed by atoms with Gasteiger partial charge in [0.1, 0.15) is 0 Å². The van der Waals surface area contributed by atoms with Gasteiger partial charge in [0.15, 0.2) is 5.96 Å². The van der Waals surface area contributed by atoms with Crippen molar-refractivity contribution in [3.63, 3.8) is 0 Å². The van der Waals surface area contributed by atoms with Crippen LogP contribution in [0.5, 0.6) is 0 Å². The second-order valence-electron chi connectivity index (χ2n) is 6.96. The van der Waals surface area contributed by atoms with Crippen molar-refractivity contribution in [3.8, 4) is 0 Å². The molecule has 0 aromatic carbocycles. The lowest BCUT2D eigenvalue weighted by Gasteiger charge is -2.25. The van der Waals surface area contributed by atoms with Gasteiger partial charge < -0.3 is 10.6 Å². The maximum absolute atomic E-state index is 4.83. The average molecular weight is 476 g/mol. The van der Waals surface area contributed by atoms with E-state index in [0.29, 0.717) is 6.04 Å². The maximum Gasteiger partial charge on any atom is 0.191 e. The van der Waals surface area contributed by atoms with Crippen LogP contribution < -0.4 is 10.6 Å². The third kappa shape index (κ3) is 7.42. The van der Waals surface area contributed by atoms with E-state index in [9.17, 15) is 0 Å². The zero-order valence-electron chi connectivity index (χ0n) is 16.9. The number of likely N-dealkylation sites (tertiary alicyclic amines) is 1. The third-order valence-electron chi connectivity index (χ3n) is 4.88. The molecule has 7 heteroatoms. The lowest BCUT2D eigenvalue weighted by atomic mass is 10.2. The Morgan fingerprint density at radius 2 is 1.96 bits per heavy atom. The maximum atomic E-state index is 4.83. The van der Waals surface area contributed by atoms with Crippen LogP contribution in [0, 0.1) is 13.8 Å². The van der Waals surface area contributed by atoms with Crippen LogP contribution in [0.1, 0.15) is 50.9 Å². The van der Waals surface area contributed by atoms with Crippen LogP contribution in [-0.4, -0.2) is 59.4 Å². The van der Waals surface area contributed by atoms with Gasteiger partial charge in [-0.2, -0.15) is 5.10 Å². The summed E-state index contributed by atoms with van der Waals surface area (Å²) in [5, 5.41) is 11.3. The first-order valence-corrected chi connectivity index (χ1v) is 9.91. The highest BCUT2D eigenvalue weighted by molar-refractivity contribution is 14.0. The van der Waals surface area contributed by atoms with Crippen molar-refractivity contribution in [3.05, 3.63) is 17.5 Å². The fraction of sp³-hybridized carbons (Fsp3) is 0.789. The lowest BCUT2D eigenvalue weighted by Crippen LogP contribution is -2.40. The van der Waals surface area contributed by atoms with Gasteiger partial charge in [-0.25, -0.2) is 0 Å². The SMILES string of the molecule is CCNC(=NCC(CC)N1CCCC1)NCCCn1nc(C)cc1C.I. The Labute approximate surface area is 176 Å². The largest absolute Gasteiger partial charge is 0.357 e. The van der Waals surface area contributed by atoms with Crippen LogP contribution in [0.25, 0.3) is 0 Å². The van der Waals surface area contributed by atoms with E-state index in [4.69, 9.17) is 4.99 Å². The highest BCUT2D eigenvalue weighted by atomic mass is 127. The Kier molecular flexibility index (Phi) is 11.2. The zero-order chi connectivity index (χ0) is 18.1. The van der Waals surface area contributed by atoms with E-state index in [1.807, 2.05) is 6.92 Å². The van der Waals surface area contributed by atoms with E-state index in [1.54, 1.807) is 0 Å². The molecule has 0 bridgehead atoms. The Balaban J connectivity index is 0.00000338. The highest BCUT2D eigenvalue weighted by Crippen LogP contribution is 2.14. The van der Waals surface area contributed by atoms with Crippen molar-refractivity contribution >= 4 is 29.9 Å². The molecule has 0 spiro atoms. The smallest absolute Gasteiger partial charge is 0.191 e. The van der Waals surface area contributed by atoms with Gasteiger partial charge in [-0.3, -0.25) is 14.6 Å². The van der Waals surface area contributed by atoms with Gasteiger partial charge in [-0.15, -0.1) is 24.0 Å². The van der Waals surface area contributed by atoms with E-state index in [-0.39, 0.29) is 24.0 Å². The van der Waals surface area contributed by atoms with Gasteiger partial charge in [0.2, 0.25) is 0 Å². The van der Waals surface area contributed by atoms with E-state index >= 15 is 0 Å². The summed E-state index contributed by atoms with van der Waals surface area (Å²) in [5.41, 5.74) is 2.32. The molecule has 0 amide bonds. The topological polar surface area (TPSA) is 57.5 Å². The number of rotatable bonds is 9. The third-order valence-corrected chi connectivity index (χ3v) is 4.88. The number of hydrogen-bond donors (Lipinski definition) is 2. The fourth-order valence-electron chi connectivity index (χ4n) is 3.48. The quantitative estimate of drug-likeness (QED) is 0.249. The number of hydrogen-bond acceptors (Lipinski definition) is 3. The molecule has 1 atom stereocenters. The van der Waals surface area contributed by atoms with Crippen molar-refractivity contribution in [1.82, 2.24) is 25.3 Å². The summed E-state index contributed by atoms with van der Waals surface area (Å²) in [7, 11) is 0. The van der Waals surface area contributed by atoms with E-state index in [2.05, 4.69) is 52.2 Å². The van der Waals surface area contributed by atoms with Crippen LogP contribution >= 0.6 is 24.0 Å². The molecule has 1 aromatic rings. The molecule has 0 aliphatic carbocycles. The van der Waals surface area contributed by atoms with Crippen LogP contribution in [-0.2, 0) is 6.54 Å². The molecule has 1 saturated heterocycles. The van der Waals surface area contributed by atoms with Gasteiger partial charge in [-0.1, -0.05) is 6.92 Å². The Morgan fingerprint density at radius 3 is 2.54 bits per heavy atom. The molecule has 0 saturated carbocycles. The van der Waals surface area contributed by atoms with Gasteiger partial charge in [-0.05, 0) is 65.6 Å². The fourth-order valence-corrected chi connectivity index (χ4v) is 3.48. The number of halogens is 1. The minimum absolute atomic E-state index is 0. The summed E-state index contributed by atoms with van der Waals surface area (Å²) in [6, 6.07) is 2.70.